The average Bonchev–Trinajstić information content (AvgIpc) is 2.30. The second kappa shape index (κ2) is 4.75. The molecule has 0 amide bonds. The first-order valence-corrected chi connectivity index (χ1v) is 5.26. The second-order valence-corrected chi connectivity index (χ2v) is 3.83. The van der Waals surface area contributed by atoms with E-state index in [0.29, 0.717) is 30.3 Å². The van der Waals surface area contributed by atoms with Crippen molar-refractivity contribution in [3.05, 3.63) is 34.9 Å². The normalized spacial score (nSPS) is 21.3. The number of ether oxygens (including phenoxy) is 1. The number of ketones is 1. The van der Waals surface area contributed by atoms with Gasteiger partial charge in [0.1, 0.15) is 0 Å². The van der Waals surface area contributed by atoms with Gasteiger partial charge in [0, 0.05) is 12.1 Å². The summed E-state index contributed by atoms with van der Waals surface area (Å²) >= 11 is 5.95. The lowest BCUT2D eigenvalue weighted by Gasteiger charge is -2.22. The van der Waals surface area contributed by atoms with Crippen molar-refractivity contribution in [2.45, 2.75) is 6.04 Å². The quantitative estimate of drug-likeness (QED) is 0.776. The van der Waals surface area contributed by atoms with Crippen LogP contribution in [0.2, 0.25) is 5.02 Å². The maximum Gasteiger partial charge on any atom is 0.183 e. The number of morpholine rings is 1. The standard InChI is InChI=1S/C11H12ClNO2/c12-9-4-2-1-3-8(9)11(14)10-7-15-6-5-13-10/h1-4,10,13H,5-7H2. The third kappa shape index (κ3) is 2.37. The van der Waals surface area contributed by atoms with E-state index in [4.69, 9.17) is 16.3 Å². The number of nitrogens with one attached hydrogen (secondary N) is 1. The molecular formula is C11H12ClNO2. The summed E-state index contributed by atoms with van der Waals surface area (Å²) in [7, 11) is 0. The van der Waals surface area contributed by atoms with E-state index in [1.165, 1.54) is 0 Å². The summed E-state index contributed by atoms with van der Waals surface area (Å²) in [6.07, 6.45) is 0. The molecule has 0 bridgehead atoms. The van der Waals surface area contributed by atoms with Crippen LogP contribution in [0.1, 0.15) is 10.4 Å². The van der Waals surface area contributed by atoms with Gasteiger partial charge in [-0.2, -0.15) is 0 Å². The van der Waals surface area contributed by atoms with Crippen LogP contribution in [0.25, 0.3) is 0 Å². The van der Waals surface area contributed by atoms with Gasteiger partial charge in [-0.3, -0.25) is 4.79 Å². The highest BCUT2D eigenvalue weighted by Crippen LogP contribution is 2.17. The molecule has 0 spiro atoms. The molecule has 1 aliphatic rings. The van der Waals surface area contributed by atoms with E-state index in [9.17, 15) is 4.79 Å². The highest BCUT2D eigenvalue weighted by atomic mass is 35.5. The smallest absolute Gasteiger partial charge is 0.183 e. The minimum absolute atomic E-state index is 0.000278. The van der Waals surface area contributed by atoms with Crippen LogP contribution >= 0.6 is 11.6 Å². The van der Waals surface area contributed by atoms with Gasteiger partial charge in [0.15, 0.2) is 5.78 Å². The minimum atomic E-state index is -0.265. The molecule has 1 aromatic carbocycles. The van der Waals surface area contributed by atoms with Gasteiger partial charge in [0.25, 0.3) is 0 Å². The zero-order valence-corrected chi connectivity index (χ0v) is 8.96. The highest BCUT2D eigenvalue weighted by Gasteiger charge is 2.23. The predicted octanol–water partition coefficient (Wildman–Crippen LogP) is 1.51. The van der Waals surface area contributed by atoms with E-state index in [2.05, 4.69) is 5.32 Å². The molecule has 0 radical (unpaired) electrons. The van der Waals surface area contributed by atoms with E-state index in [1.807, 2.05) is 12.1 Å². The molecule has 0 saturated carbocycles. The Morgan fingerprint density at radius 3 is 2.93 bits per heavy atom. The van der Waals surface area contributed by atoms with Gasteiger partial charge < -0.3 is 10.1 Å². The molecule has 15 heavy (non-hydrogen) atoms. The lowest BCUT2D eigenvalue weighted by atomic mass is 10.0. The van der Waals surface area contributed by atoms with Gasteiger partial charge in [-0.15, -0.1) is 0 Å². The molecular weight excluding hydrogens is 214 g/mol. The fourth-order valence-electron chi connectivity index (χ4n) is 1.58. The Morgan fingerprint density at radius 1 is 1.47 bits per heavy atom. The van der Waals surface area contributed by atoms with Crippen LogP contribution in [0, 0.1) is 0 Å². The van der Waals surface area contributed by atoms with Gasteiger partial charge in [-0.25, -0.2) is 0 Å². The molecule has 80 valence electrons. The molecule has 1 aliphatic heterocycles. The van der Waals surface area contributed by atoms with Crippen LogP contribution < -0.4 is 5.32 Å². The number of hydrogen-bond acceptors (Lipinski definition) is 3. The zero-order valence-electron chi connectivity index (χ0n) is 8.20. The van der Waals surface area contributed by atoms with Crippen molar-refractivity contribution in [1.82, 2.24) is 5.32 Å². The molecule has 1 fully saturated rings. The van der Waals surface area contributed by atoms with Gasteiger partial charge >= 0.3 is 0 Å². The van der Waals surface area contributed by atoms with Crippen LogP contribution in [0.5, 0.6) is 0 Å². The van der Waals surface area contributed by atoms with Crippen LogP contribution in [0.4, 0.5) is 0 Å². The molecule has 2 rings (SSSR count). The third-order valence-corrected chi connectivity index (χ3v) is 2.71. The van der Waals surface area contributed by atoms with Crippen LogP contribution in [0.15, 0.2) is 24.3 Å². The Kier molecular flexibility index (Phi) is 3.36. The molecule has 1 heterocycles. The number of Topliss-reactive ketones (excluding diaryl/α,β-unsaturated/α-hetero) is 1. The first-order chi connectivity index (χ1) is 7.29. The Bertz CT molecular complexity index is 361. The SMILES string of the molecule is O=C(c1ccccc1Cl)C1COCCN1. The maximum atomic E-state index is 12.0. The maximum absolute atomic E-state index is 12.0. The van der Waals surface area contributed by atoms with E-state index in [-0.39, 0.29) is 11.8 Å². The number of halogens is 1. The van der Waals surface area contributed by atoms with Crippen molar-refractivity contribution in [3.8, 4) is 0 Å². The molecule has 4 heteroatoms. The largest absolute Gasteiger partial charge is 0.378 e. The zero-order chi connectivity index (χ0) is 10.7. The number of carbonyl (C=O) groups is 1. The van der Waals surface area contributed by atoms with Gasteiger partial charge in [0.05, 0.1) is 24.3 Å². The van der Waals surface area contributed by atoms with Crippen molar-refractivity contribution in [2.24, 2.45) is 0 Å². The third-order valence-electron chi connectivity index (χ3n) is 2.38. The van der Waals surface area contributed by atoms with Crippen molar-refractivity contribution in [1.29, 1.82) is 0 Å². The summed E-state index contributed by atoms with van der Waals surface area (Å²) in [4.78, 5) is 12.0. The van der Waals surface area contributed by atoms with Crippen molar-refractivity contribution >= 4 is 17.4 Å². The summed E-state index contributed by atoms with van der Waals surface area (Å²) in [5, 5.41) is 3.61. The topological polar surface area (TPSA) is 38.3 Å². The average molecular weight is 226 g/mol. The Labute approximate surface area is 93.4 Å². The van der Waals surface area contributed by atoms with E-state index < -0.39 is 0 Å². The first kappa shape index (κ1) is 10.6. The minimum Gasteiger partial charge on any atom is -0.378 e. The molecule has 1 saturated heterocycles. The summed E-state index contributed by atoms with van der Waals surface area (Å²) in [6.45, 7) is 1.79. The van der Waals surface area contributed by atoms with Crippen molar-refractivity contribution in [2.75, 3.05) is 19.8 Å². The summed E-state index contributed by atoms with van der Waals surface area (Å²) in [5.41, 5.74) is 0.558. The second-order valence-electron chi connectivity index (χ2n) is 3.43. The molecule has 0 aliphatic carbocycles. The number of hydrogen-bond donors (Lipinski definition) is 1. The van der Waals surface area contributed by atoms with Gasteiger partial charge in [-0.1, -0.05) is 23.7 Å². The fraction of sp³-hybridized carbons (Fsp3) is 0.364. The van der Waals surface area contributed by atoms with Crippen LogP contribution in [0.3, 0.4) is 0 Å². The lowest BCUT2D eigenvalue weighted by Crippen LogP contribution is -2.46. The summed E-state index contributed by atoms with van der Waals surface area (Å²) in [6, 6.07) is 6.81. The monoisotopic (exact) mass is 225 g/mol. The van der Waals surface area contributed by atoms with Gasteiger partial charge in [-0.05, 0) is 12.1 Å². The number of carbonyl (C=O) groups excluding carboxylic acids is 1. The lowest BCUT2D eigenvalue weighted by molar-refractivity contribution is 0.0608. The Hall–Kier alpha value is -0.900. The highest BCUT2D eigenvalue weighted by molar-refractivity contribution is 6.34. The molecule has 1 atom stereocenters. The number of rotatable bonds is 2. The molecule has 1 aromatic rings. The first-order valence-electron chi connectivity index (χ1n) is 4.89. The molecule has 1 N–H and O–H groups in total. The van der Waals surface area contributed by atoms with Gasteiger partial charge in [0.2, 0.25) is 0 Å². The van der Waals surface area contributed by atoms with E-state index in [1.54, 1.807) is 12.1 Å². The molecule has 0 aromatic heterocycles. The van der Waals surface area contributed by atoms with E-state index in [0.717, 1.165) is 0 Å². The van der Waals surface area contributed by atoms with Crippen molar-refractivity contribution in [3.63, 3.8) is 0 Å². The molecule has 3 nitrogen and oxygen atoms in total. The Morgan fingerprint density at radius 2 is 2.27 bits per heavy atom. The fourth-order valence-corrected chi connectivity index (χ4v) is 1.81. The molecule has 1 unspecified atom stereocenters. The van der Waals surface area contributed by atoms with Crippen LogP contribution in [-0.2, 0) is 4.74 Å². The van der Waals surface area contributed by atoms with Crippen LogP contribution in [-0.4, -0.2) is 31.6 Å². The predicted molar refractivity (Wildman–Crippen MR) is 58.4 cm³/mol. The van der Waals surface area contributed by atoms with Crippen molar-refractivity contribution < 1.29 is 9.53 Å². The Balaban J connectivity index is 2.16. The summed E-state index contributed by atoms with van der Waals surface area (Å²) < 4.78 is 5.24. The summed E-state index contributed by atoms with van der Waals surface area (Å²) in [5.74, 6) is 0.000278. The van der Waals surface area contributed by atoms with E-state index >= 15 is 0 Å². The number of benzene rings is 1.